The van der Waals surface area contributed by atoms with Gasteiger partial charge in [-0.15, -0.1) is 11.3 Å². The lowest BCUT2D eigenvalue weighted by Crippen LogP contribution is -2.29. The van der Waals surface area contributed by atoms with E-state index in [0.717, 1.165) is 18.4 Å². The summed E-state index contributed by atoms with van der Waals surface area (Å²) in [5.41, 5.74) is 2.29. The number of hydrogen-bond donors (Lipinski definition) is 2. The fraction of sp³-hybridized carbons (Fsp3) is 0.182. The second kappa shape index (κ2) is 8.17. The molecule has 0 saturated heterocycles. The van der Waals surface area contributed by atoms with Gasteiger partial charge in [0.05, 0.1) is 10.9 Å². The monoisotopic (exact) mass is 410 g/mol. The smallest absolute Gasteiger partial charge is 0.265 e. The predicted octanol–water partition coefficient (Wildman–Crippen LogP) is 5.53. The average Bonchev–Trinajstić information content (AvgIpc) is 3.39. The van der Waals surface area contributed by atoms with Crippen molar-refractivity contribution in [1.29, 1.82) is 0 Å². The van der Waals surface area contributed by atoms with Gasteiger partial charge in [0.1, 0.15) is 0 Å². The first kappa shape index (κ1) is 18.7. The molecule has 4 nitrogen and oxygen atoms in total. The zero-order valence-electron chi connectivity index (χ0n) is 15.0. The van der Waals surface area contributed by atoms with Crippen LogP contribution in [0, 0.1) is 5.92 Å². The fourth-order valence-electron chi connectivity index (χ4n) is 3.10. The van der Waals surface area contributed by atoms with Gasteiger partial charge in [-0.1, -0.05) is 29.8 Å². The molecule has 2 amide bonds. The standard InChI is InChI=1S/C22H19ClN2O2S/c23-17-9-5-15(6-10-17)20(14-3-4-14)25-21(26)16-7-11-18(12-8-16)24-22(27)19-2-1-13-28-19/h1-2,5-14,20H,3-4H2,(H,24,27)(H,25,26). The van der Waals surface area contributed by atoms with E-state index < -0.39 is 0 Å². The Morgan fingerprint density at radius 1 is 0.964 bits per heavy atom. The summed E-state index contributed by atoms with van der Waals surface area (Å²) in [6.07, 6.45) is 2.22. The maximum Gasteiger partial charge on any atom is 0.265 e. The first-order valence-electron chi connectivity index (χ1n) is 9.11. The largest absolute Gasteiger partial charge is 0.345 e. The molecule has 1 aromatic heterocycles. The molecule has 1 fully saturated rings. The molecular weight excluding hydrogens is 392 g/mol. The predicted molar refractivity (Wildman–Crippen MR) is 113 cm³/mol. The Morgan fingerprint density at radius 2 is 1.68 bits per heavy atom. The van der Waals surface area contributed by atoms with E-state index in [2.05, 4.69) is 10.6 Å². The van der Waals surface area contributed by atoms with Crippen LogP contribution in [0.2, 0.25) is 5.02 Å². The third kappa shape index (κ3) is 4.43. The summed E-state index contributed by atoms with van der Waals surface area (Å²) < 4.78 is 0. The summed E-state index contributed by atoms with van der Waals surface area (Å²) in [5, 5.41) is 8.53. The highest BCUT2D eigenvalue weighted by Crippen LogP contribution is 2.41. The van der Waals surface area contributed by atoms with E-state index in [1.54, 1.807) is 30.3 Å². The van der Waals surface area contributed by atoms with Gasteiger partial charge in [-0.3, -0.25) is 9.59 Å². The van der Waals surface area contributed by atoms with Crippen molar-refractivity contribution in [2.75, 3.05) is 5.32 Å². The molecule has 1 aliphatic rings. The summed E-state index contributed by atoms with van der Waals surface area (Å²) in [6, 6.07) is 18.2. The van der Waals surface area contributed by atoms with E-state index in [1.807, 2.05) is 35.7 Å². The molecule has 1 heterocycles. The molecule has 6 heteroatoms. The minimum absolute atomic E-state index is 0.0111. The fourth-order valence-corrected chi connectivity index (χ4v) is 3.85. The van der Waals surface area contributed by atoms with Crippen molar-refractivity contribution in [3.63, 3.8) is 0 Å². The first-order chi connectivity index (χ1) is 13.6. The molecule has 3 aromatic rings. The Labute approximate surface area is 172 Å². The van der Waals surface area contributed by atoms with Gasteiger partial charge < -0.3 is 10.6 Å². The third-order valence-electron chi connectivity index (χ3n) is 4.76. The molecule has 0 spiro atoms. The van der Waals surface area contributed by atoms with Crippen molar-refractivity contribution in [2.24, 2.45) is 5.92 Å². The van der Waals surface area contributed by atoms with Crippen LogP contribution in [0.3, 0.4) is 0 Å². The highest BCUT2D eigenvalue weighted by molar-refractivity contribution is 7.12. The molecule has 0 bridgehead atoms. The molecule has 142 valence electrons. The third-order valence-corrected chi connectivity index (χ3v) is 5.88. The van der Waals surface area contributed by atoms with Crippen LogP contribution in [0.5, 0.6) is 0 Å². The van der Waals surface area contributed by atoms with Gasteiger partial charge in [-0.25, -0.2) is 0 Å². The number of hydrogen-bond acceptors (Lipinski definition) is 3. The van der Waals surface area contributed by atoms with Crippen LogP contribution in [0.1, 0.15) is 44.5 Å². The van der Waals surface area contributed by atoms with Crippen molar-refractivity contribution in [2.45, 2.75) is 18.9 Å². The summed E-state index contributed by atoms with van der Waals surface area (Å²) in [4.78, 5) is 25.5. The van der Waals surface area contributed by atoms with E-state index in [0.29, 0.717) is 27.1 Å². The molecular formula is C22H19ClN2O2S. The Morgan fingerprint density at radius 3 is 2.29 bits per heavy atom. The number of rotatable bonds is 6. The molecule has 4 rings (SSSR count). The van der Waals surface area contributed by atoms with E-state index in [-0.39, 0.29) is 17.9 Å². The van der Waals surface area contributed by atoms with Crippen molar-refractivity contribution in [3.8, 4) is 0 Å². The summed E-state index contributed by atoms with van der Waals surface area (Å²) in [7, 11) is 0. The average molecular weight is 411 g/mol. The van der Waals surface area contributed by atoms with Crippen molar-refractivity contribution < 1.29 is 9.59 Å². The second-order valence-electron chi connectivity index (χ2n) is 6.85. The normalized spacial score (nSPS) is 14.3. The van der Waals surface area contributed by atoms with E-state index >= 15 is 0 Å². The molecule has 1 atom stereocenters. The van der Waals surface area contributed by atoms with Crippen LogP contribution in [-0.2, 0) is 0 Å². The number of carbonyl (C=O) groups excluding carboxylic acids is 2. The highest BCUT2D eigenvalue weighted by Gasteiger charge is 2.33. The van der Waals surface area contributed by atoms with Crippen molar-refractivity contribution >= 4 is 40.4 Å². The lowest BCUT2D eigenvalue weighted by molar-refractivity contribution is 0.0931. The molecule has 2 N–H and O–H groups in total. The maximum absolute atomic E-state index is 12.7. The molecule has 1 aliphatic carbocycles. The number of thiophene rings is 1. The zero-order valence-corrected chi connectivity index (χ0v) is 16.6. The number of nitrogens with one attached hydrogen (secondary N) is 2. The van der Waals surface area contributed by atoms with E-state index in [1.165, 1.54) is 11.3 Å². The first-order valence-corrected chi connectivity index (χ1v) is 10.4. The van der Waals surface area contributed by atoms with Crippen LogP contribution in [0.15, 0.2) is 66.0 Å². The number of benzene rings is 2. The molecule has 28 heavy (non-hydrogen) atoms. The second-order valence-corrected chi connectivity index (χ2v) is 8.23. The lowest BCUT2D eigenvalue weighted by atomic mass is 10.0. The van der Waals surface area contributed by atoms with E-state index in [4.69, 9.17) is 11.6 Å². The molecule has 0 radical (unpaired) electrons. The van der Waals surface area contributed by atoms with Crippen LogP contribution < -0.4 is 10.6 Å². The van der Waals surface area contributed by atoms with Gasteiger partial charge >= 0.3 is 0 Å². The zero-order chi connectivity index (χ0) is 19.5. The van der Waals surface area contributed by atoms with Gasteiger partial charge in [0.25, 0.3) is 11.8 Å². The minimum Gasteiger partial charge on any atom is -0.345 e. The lowest BCUT2D eigenvalue weighted by Gasteiger charge is -2.19. The number of anilines is 1. The molecule has 2 aromatic carbocycles. The van der Waals surface area contributed by atoms with Crippen LogP contribution in [-0.4, -0.2) is 11.8 Å². The van der Waals surface area contributed by atoms with Crippen molar-refractivity contribution in [3.05, 3.63) is 87.1 Å². The Hall–Kier alpha value is -2.63. The van der Waals surface area contributed by atoms with Crippen LogP contribution >= 0.6 is 22.9 Å². The topological polar surface area (TPSA) is 58.2 Å². The summed E-state index contributed by atoms with van der Waals surface area (Å²) >= 11 is 7.37. The maximum atomic E-state index is 12.7. The van der Waals surface area contributed by atoms with Gasteiger partial charge in [0.2, 0.25) is 0 Å². The quantitative estimate of drug-likeness (QED) is 0.560. The Balaban J connectivity index is 1.42. The number of carbonyl (C=O) groups is 2. The Kier molecular flexibility index (Phi) is 5.46. The molecule has 1 unspecified atom stereocenters. The van der Waals surface area contributed by atoms with Crippen LogP contribution in [0.4, 0.5) is 5.69 Å². The minimum atomic E-state index is -0.149. The summed E-state index contributed by atoms with van der Waals surface area (Å²) in [6.45, 7) is 0. The van der Waals surface area contributed by atoms with Gasteiger partial charge in [-0.05, 0) is 72.2 Å². The highest BCUT2D eigenvalue weighted by atomic mass is 35.5. The van der Waals surface area contributed by atoms with E-state index in [9.17, 15) is 9.59 Å². The SMILES string of the molecule is O=C(NC(c1ccc(Cl)cc1)C1CC1)c1ccc(NC(=O)c2cccs2)cc1. The molecule has 0 aliphatic heterocycles. The van der Waals surface area contributed by atoms with Gasteiger partial charge in [-0.2, -0.15) is 0 Å². The van der Waals surface area contributed by atoms with Gasteiger partial charge in [0, 0.05) is 16.3 Å². The number of halogens is 1. The van der Waals surface area contributed by atoms with Crippen molar-refractivity contribution in [1.82, 2.24) is 5.32 Å². The number of amides is 2. The van der Waals surface area contributed by atoms with Crippen LogP contribution in [0.25, 0.3) is 0 Å². The Bertz CT molecular complexity index is 965. The molecule has 1 saturated carbocycles. The summed E-state index contributed by atoms with van der Waals surface area (Å²) in [5.74, 6) is 0.196. The van der Waals surface area contributed by atoms with Gasteiger partial charge in [0.15, 0.2) is 0 Å².